The van der Waals surface area contributed by atoms with Gasteiger partial charge in [-0.3, -0.25) is 14.5 Å². The van der Waals surface area contributed by atoms with Gasteiger partial charge in [0.2, 0.25) is 5.91 Å². The Bertz CT molecular complexity index is 1070. The third-order valence-corrected chi connectivity index (χ3v) is 5.13. The van der Waals surface area contributed by atoms with Crippen LogP contribution in [0.2, 0.25) is 0 Å². The van der Waals surface area contributed by atoms with Gasteiger partial charge in [0.1, 0.15) is 5.75 Å². The summed E-state index contributed by atoms with van der Waals surface area (Å²) in [5, 5.41) is 7.00. The van der Waals surface area contributed by atoms with Crippen LogP contribution in [0.1, 0.15) is 5.56 Å². The summed E-state index contributed by atoms with van der Waals surface area (Å²) >= 11 is 0. The second-order valence-corrected chi connectivity index (χ2v) is 7.49. The van der Waals surface area contributed by atoms with Crippen LogP contribution in [0.3, 0.4) is 0 Å². The second kappa shape index (κ2) is 9.01. The molecule has 3 aromatic rings. The Labute approximate surface area is 181 Å². The molecule has 0 fully saturated rings. The van der Waals surface area contributed by atoms with Gasteiger partial charge in [0.05, 0.1) is 30.7 Å². The van der Waals surface area contributed by atoms with E-state index in [1.807, 2.05) is 71.4 Å². The Kier molecular flexibility index (Phi) is 5.99. The lowest BCUT2D eigenvalue weighted by molar-refractivity contribution is -0.128. The van der Waals surface area contributed by atoms with Crippen molar-refractivity contribution in [2.24, 2.45) is 0 Å². The number of ether oxygens (including phenoxy) is 1. The zero-order valence-corrected chi connectivity index (χ0v) is 17.6. The van der Waals surface area contributed by atoms with Crippen LogP contribution < -0.4 is 15.0 Å². The molecule has 8 nitrogen and oxygen atoms in total. The topological polar surface area (TPSA) is 79.7 Å². The van der Waals surface area contributed by atoms with Crippen LogP contribution in [0.5, 0.6) is 5.75 Å². The maximum Gasteiger partial charge on any atom is 0.262 e. The van der Waals surface area contributed by atoms with Crippen molar-refractivity contribution in [2.75, 3.05) is 32.1 Å². The van der Waals surface area contributed by atoms with Gasteiger partial charge in [-0.15, -0.1) is 0 Å². The van der Waals surface area contributed by atoms with Crippen LogP contribution in [0.25, 0.3) is 5.69 Å². The lowest BCUT2D eigenvalue weighted by Crippen LogP contribution is -2.51. The van der Waals surface area contributed by atoms with E-state index in [-0.39, 0.29) is 24.9 Å². The Morgan fingerprint density at radius 2 is 1.90 bits per heavy atom. The van der Waals surface area contributed by atoms with E-state index in [9.17, 15) is 9.59 Å². The standard InChI is InChI=1S/C23H25N5O3/c1-24-23(30)21-15-27(19-10-6-7-11-20(19)31-21)22(29)16-26(2)13-17-12-25-28(14-17)18-8-4-3-5-9-18/h3-12,14,21H,13,15-16H2,1-2H3,(H,24,30)/t21-/m1/s1. The highest BCUT2D eigenvalue weighted by molar-refractivity contribution is 5.98. The van der Waals surface area contributed by atoms with E-state index in [0.717, 1.165) is 11.3 Å². The molecule has 2 aromatic carbocycles. The van der Waals surface area contributed by atoms with Crippen LogP contribution in [0, 0.1) is 0 Å². The van der Waals surface area contributed by atoms with Crippen molar-refractivity contribution in [3.05, 3.63) is 72.6 Å². The van der Waals surface area contributed by atoms with Crippen molar-refractivity contribution in [1.29, 1.82) is 0 Å². The normalized spacial score (nSPS) is 15.3. The molecule has 0 radical (unpaired) electrons. The van der Waals surface area contributed by atoms with Gasteiger partial charge in [0.15, 0.2) is 6.10 Å². The molecule has 1 N–H and O–H groups in total. The number of nitrogens with zero attached hydrogens (tertiary/aromatic N) is 4. The van der Waals surface area contributed by atoms with Crippen molar-refractivity contribution in [3.8, 4) is 11.4 Å². The maximum absolute atomic E-state index is 13.1. The van der Waals surface area contributed by atoms with Crippen LogP contribution in [0.15, 0.2) is 67.0 Å². The number of hydrogen-bond donors (Lipinski definition) is 1. The van der Waals surface area contributed by atoms with Crippen molar-refractivity contribution in [3.63, 3.8) is 0 Å². The minimum atomic E-state index is -0.738. The molecular formula is C23H25N5O3. The van der Waals surface area contributed by atoms with Gasteiger partial charge >= 0.3 is 0 Å². The molecule has 0 aliphatic carbocycles. The number of amides is 2. The van der Waals surface area contributed by atoms with Crippen LogP contribution in [-0.2, 0) is 16.1 Å². The molecule has 31 heavy (non-hydrogen) atoms. The summed E-state index contributed by atoms with van der Waals surface area (Å²) < 4.78 is 7.60. The first-order valence-electron chi connectivity index (χ1n) is 10.1. The highest BCUT2D eigenvalue weighted by atomic mass is 16.5. The zero-order chi connectivity index (χ0) is 21.8. The predicted molar refractivity (Wildman–Crippen MR) is 117 cm³/mol. The summed E-state index contributed by atoms with van der Waals surface area (Å²) in [5.74, 6) is 0.180. The fourth-order valence-electron chi connectivity index (χ4n) is 3.62. The largest absolute Gasteiger partial charge is 0.477 e. The van der Waals surface area contributed by atoms with Gasteiger partial charge in [0.25, 0.3) is 5.91 Å². The molecule has 8 heteroatoms. The molecule has 160 valence electrons. The van der Waals surface area contributed by atoms with E-state index in [1.54, 1.807) is 24.2 Å². The number of nitrogens with one attached hydrogen (secondary N) is 1. The third kappa shape index (κ3) is 4.59. The fourth-order valence-corrected chi connectivity index (χ4v) is 3.62. The van der Waals surface area contributed by atoms with Crippen LogP contribution in [-0.4, -0.2) is 59.8 Å². The van der Waals surface area contributed by atoms with E-state index in [0.29, 0.717) is 18.0 Å². The van der Waals surface area contributed by atoms with Crippen LogP contribution in [0.4, 0.5) is 5.69 Å². The summed E-state index contributed by atoms with van der Waals surface area (Å²) in [6.07, 6.45) is 3.03. The number of rotatable bonds is 6. The molecule has 0 saturated heterocycles. The number of likely N-dealkylation sites (N-methyl/N-ethyl adjacent to an activating group) is 2. The highest BCUT2D eigenvalue weighted by Crippen LogP contribution is 2.33. The van der Waals surface area contributed by atoms with E-state index >= 15 is 0 Å². The summed E-state index contributed by atoms with van der Waals surface area (Å²) in [4.78, 5) is 28.8. The Morgan fingerprint density at radius 1 is 1.16 bits per heavy atom. The Morgan fingerprint density at radius 3 is 2.68 bits per heavy atom. The molecule has 2 heterocycles. The molecule has 0 unspecified atom stereocenters. The van der Waals surface area contributed by atoms with Crippen molar-refractivity contribution in [2.45, 2.75) is 12.6 Å². The number of fused-ring (bicyclic) bond motifs is 1. The van der Waals surface area contributed by atoms with Crippen molar-refractivity contribution in [1.82, 2.24) is 20.0 Å². The summed E-state index contributed by atoms with van der Waals surface area (Å²) in [5.41, 5.74) is 2.67. The lowest BCUT2D eigenvalue weighted by Gasteiger charge is -2.34. The molecule has 0 saturated carbocycles. The first-order chi connectivity index (χ1) is 15.0. The van der Waals surface area contributed by atoms with E-state index in [4.69, 9.17) is 4.74 Å². The van der Waals surface area contributed by atoms with Gasteiger partial charge in [-0.2, -0.15) is 5.10 Å². The fraction of sp³-hybridized carbons (Fsp3) is 0.261. The highest BCUT2D eigenvalue weighted by Gasteiger charge is 2.33. The molecule has 1 aromatic heterocycles. The zero-order valence-electron chi connectivity index (χ0n) is 17.6. The third-order valence-electron chi connectivity index (χ3n) is 5.13. The van der Waals surface area contributed by atoms with E-state index < -0.39 is 6.10 Å². The summed E-state index contributed by atoms with van der Waals surface area (Å²) in [6, 6.07) is 17.1. The molecule has 1 aliphatic rings. The predicted octanol–water partition coefficient (Wildman–Crippen LogP) is 1.84. The Balaban J connectivity index is 1.44. The van der Waals surface area contributed by atoms with Crippen molar-refractivity contribution < 1.29 is 14.3 Å². The molecule has 0 bridgehead atoms. The minimum absolute atomic E-state index is 0.0948. The van der Waals surface area contributed by atoms with Crippen LogP contribution >= 0.6 is 0 Å². The van der Waals surface area contributed by atoms with Gasteiger partial charge in [0, 0.05) is 25.4 Å². The number of aromatic nitrogens is 2. The van der Waals surface area contributed by atoms with Gasteiger partial charge in [-0.25, -0.2) is 4.68 Å². The summed E-state index contributed by atoms with van der Waals surface area (Å²) in [7, 11) is 3.45. The number of para-hydroxylation sites is 3. The molecule has 0 spiro atoms. The quantitative estimate of drug-likeness (QED) is 0.660. The smallest absolute Gasteiger partial charge is 0.262 e. The monoisotopic (exact) mass is 419 g/mol. The van der Waals surface area contributed by atoms with E-state index in [2.05, 4.69) is 10.4 Å². The number of benzene rings is 2. The minimum Gasteiger partial charge on any atom is -0.477 e. The molecular weight excluding hydrogens is 394 g/mol. The average molecular weight is 419 g/mol. The first kappa shape index (κ1) is 20.6. The average Bonchev–Trinajstić information content (AvgIpc) is 3.26. The Hall–Kier alpha value is -3.65. The lowest BCUT2D eigenvalue weighted by atomic mass is 10.1. The SMILES string of the molecule is CNC(=O)[C@H]1CN(C(=O)CN(C)Cc2cnn(-c3ccccc3)c2)c2ccccc2O1. The number of carbonyl (C=O) groups is 2. The van der Waals surface area contributed by atoms with Gasteiger partial charge in [-0.1, -0.05) is 30.3 Å². The molecule has 2 amide bonds. The number of anilines is 1. The van der Waals surface area contributed by atoms with E-state index in [1.165, 1.54) is 0 Å². The molecule has 1 atom stereocenters. The number of carbonyl (C=O) groups excluding carboxylic acids is 2. The maximum atomic E-state index is 13.1. The molecule has 4 rings (SSSR count). The first-order valence-corrected chi connectivity index (χ1v) is 10.1. The van der Waals surface area contributed by atoms with Gasteiger partial charge < -0.3 is 15.0 Å². The summed E-state index contributed by atoms with van der Waals surface area (Å²) in [6.45, 7) is 0.948. The van der Waals surface area contributed by atoms with Gasteiger partial charge in [-0.05, 0) is 31.3 Å². The van der Waals surface area contributed by atoms with Crippen molar-refractivity contribution >= 4 is 17.5 Å². The number of hydrogen-bond acceptors (Lipinski definition) is 5. The molecule has 1 aliphatic heterocycles. The second-order valence-electron chi connectivity index (χ2n) is 7.49.